The summed E-state index contributed by atoms with van der Waals surface area (Å²) >= 11 is 0. The highest BCUT2D eigenvalue weighted by Crippen LogP contribution is 2.04. The van der Waals surface area contributed by atoms with Crippen LogP contribution >= 0.6 is 0 Å². The minimum absolute atomic E-state index is 0.710. The van der Waals surface area contributed by atoms with Gasteiger partial charge in [0, 0.05) is 13.7 Å². The molecular formula is C13H15NO. The van der Waals surface area contributed by atoms with Crippen LogP contribution in [0.3, 0.4) is 0 Å². The van der Waals surface area contributed by atoms with Gasteiger partial charge in [-0.1, -0.05) is 24.3 Å². The number of rotatable bonds is 5. The number of benzene rings is 1. The van der Waals surface area contributed by atoms with E-state index < -0.39 is 0 Å². The Morgan fingerprint density at radius 3 is 2.60 bits per heavy atom. The first-order valence-corrected chi connectivity index (χ1v) is 5.00. The zero-order chi connectivity index (χ0) is 10.9. The highest BCUT2D eigenvalue weighted by Gasteiger charge is 1.90. The largest absolute Gasteiger partial charge is 0.384 e. The lowest BCUT2D eigenvalue weighted by molar-refractivity contribution is 0.204. The first-order chi connectivity index (χ1) is 7.36. The summed E-state index contributed by atoms with van der Waals surface area (Å²) < 4.78 is 4.94. The molecule has 0 fully saturated rings. The van der Waals surface area contributed by atoms with Gasteiger partial charge in [-0.15, -0.1) is 0 Å². The number of allylic oxidation sites excluding steroid dienone is 1. The molecule has 2 heteroatoms. The van der Waals surface area contributed by atoms with Gasteiger partial charge in [0.15, 0.2) is 0 Å². The van der Waals surface area contributed by atoms with Crippen LogP contribution in [0.15, 0.2) is 36.4 Å². The molecule has 0 unspecified atom stereocenters. The Hall–Kier alpha value is -1.59. The lowest BCUT2D eigenvalue weighted by Crippen LogP contribution is -1.85. The second-order valence-electron chi connectivity index (χ2n) is 3.27. The quantitative estimate of drug-likeness (QED) is 0.542. The summed E-state index contributed by atoms with van der Waals surface area (Å²) in [6.45, 7) is 0.768. The van der Waals surface area contributed by atoms with E-state index in [9.17, 15) is 0 Å². The van der Waals surface area contributed by atoms with Crippen molar-refractivity contribution in [2.24, 2.45) is 0 Å². The Morgan fingerprint density at radius 2 is 2.00 bits per heavy atom. The van der Waals surface area contributed by atoms with Crippen LogP contribution in [-0.4, -0.2) is 13.7 Å². The smallest absolute Gasteiger partial charge is 0.0991 e. The van der Waals surface area contributed by atoms with Gasteiger partial charge in [-0.2, -0.15) is 5.26 Å². The monoisotopic (exact) mass is 201 g/mol. The van der Waals surface area contributed by atoms with Gasteiger partial charge in [-0.05, 0) is 30.5 Å². The van der Waals surface area contributed by atoms with Gasteiger partial charge < -0.3 is 4.74 Å². The van der Waals surface area contributed by atoms with Crippen molar-refractivity contribution < 1.29 is 4.74 Å². The van der Waals surface area contributed by atoms with E-state index in [1.165, 1.54) is 5.56 Å². The molecule has 0 saturated heterocycles. The number of hydrogen-bond donors (Lipinski definition) is 0. The first-order valence-electron chi connectivity index (χ1n) is 5.00. The van der Waals surface area contributed by atoms with Crippen molar-refractivity contribution >= 4 is 0 Å². The van der Waals surface area contributed by atoms with Crippen LogP contribution in [0.25, 0.3) is 0 Å². The van der Waals surface area contributed by atoms with Crippen molar-refractivity contribution in [3.05, 3.63) is 47.5 Å². The molecule has 0 aliphatic rings. The molecule has 15 heavy (non-hydrogen) atoms. The van der Waals surface area contributed by atoms with E-state index in [2.05, 4.69) is 18.2 Å². The molecule has 1 rings (SSSR count). The molecule has 0 N–H and O–H groups in total. The molecule has 0 aliphatic carbocycles. The third kappa shape index (κ3) is 4.44. The molecule has 0 aromatic heterocycles. The Morgan fingerprint density at radius 1 is 1.27 bits per heavy atom. The van der Waals surface area contributed by atoms with Crippen molar-refractivity contribution in [3.63, 3.8) is 0 Å². The number of nitrogens with zero attached hydrogens (tertiary/aromatic N) is 1. The van der Waals surface area contributed by atoms with Gasteiger partial charge in [0.25, 0.3) is 0 Å². The fraction of sp³-hybridized carbons (Fsp3) is 0.308. The highest BCUT2D eigenvalue weighted by molar-refractivity contribution is 5.32. The van der Waals surface area contributed by atoms with Gasteiger partial charge in [0.1, 0.15) is 0 Å². The molecule has 0 aliphatic heterocycles. The molecule has 1 aromatic rings. The Kier molecular flexibility index (Phi) is 5.21. The van der Waals surface area contributed by atoms with E-state index in [0.29, 0.717) is 5.56 Å². The number of ether oxygens (including phenoxy) is 1. The maximum Gasteiger partial charge on any atom is 0.0991 e. The van der Waals surface area contributed by atoms with Crippen molar-refractivity contribution in [3.8, 4) is 6.07 Å². The van der Waals surface area contributed by atoms with Crippen molar-refractivity contribution in [2.75, 3.05) is 13.7 Å². The second kappa shape index (κ2) is 6.80. The minimum atomic E-state index is 0.710. The lowest BCUT2D eigenvalue weighted by Gasteiger charge is -1.96. The van der Waals surface area contributed by atoms with Crippen LogP contribution in [0.1, 0.15) is 17.5 Å². The molecule has 0 radical (unpaired) electrons. The first kappa shape index (κ1) is 11.5. The van der Waals surface area contributed by atoms with Crippen LogP contribution in [0.4, 0.5) is 0 Å². The summed E-state index contributed by atoms with van der Waals surface area (Å²) in [6.07, 6.45) is 6.10. The third-order valence-electron chi connectivity index (χ3n) is 2.09. The normalized spacial score (nSPS) is 10.4. The summed E-state index contributed by atoms with van der Waals surface area (Å²) in [6, 6.07) is 9.77. The molecule has 0 bridgehead atoms. The highest BCUT2D eigenvalue weighted by atomic mass is 16.5. The van der Waals surface area contributed by atoms with Gasteiger partial charge in [0.2, 0.25) is 0 Å². The van der Waals surface area contributed by atoms with E-state index in [4.69, 9.17) is 10.00 Å². The molecule has 0 heterocycles. The van der Waals surface area contributed by atoms with Crippen LogP contribution in [-0.2, 0) is 11.2 Å². The fourth-order valence-electron chi connectivity index (χ4n) is 1.24. The van der Waals surface area contributed by atoms with Gasteiger partial charge >= 0.3 is 0 Å². The van der Waals surface area contributed by atoms with Crippen LogP contribution in [0.5, 0.6) is 0 Å². The Labute approximate surface area is 90.8 Å². The van der Waals surface area contributed by atoms with Crippen molar-refractivity contribution in [1.29, 1.82) is 5.26 Å². The van der Waals surface area contributed by atoms with Gasteiger partial charge in [-0.3, -0.25) is 0 Å². The fourth-order valence-corrected chi connectivity index (χ4v) is 1.24. The average molecular weight is 201 g/mol. The van der Waals surface area contributed by atoms with Crippen LogP contribution in [0, 0.1) is 11.3 Å². The molecule has 0 amide bonds. The lowest BCUT2D eigenvalue weighted by atomic mass is 10.1. The zero-order valence-corrected chi connectivity index (χ0v) is 8.94. The molecular weight excluding hydrogens is 186 g/mol. The zero-order valence-electron chi connectivity index (χ0n) is 8.94. The molecule has 0 spiro atoms. The number of methoxy groups -OCH3 is 1. The molecule has 1 aromatic carbocycles. The van der Waals surface area contributed by atoms with E-state index in [1.54, 1.807) is 7.11 Å². The predicted octanol–water partition coefficient (Wildman–Crippen LogP) is 2.69. The summed E-state index contributed by atoms with van der Waals surface area (Å²) in [5.41, 5.74) is 1.93. The van der Waals surface area contributed by atoms with Crippen molar-refractivity contribution in [1.82, 2.24) is 0 Å². The number of nitriles is 1. The van der Waals surface area contributed by atoms with E-state index in [0.717, 1.165) is 19.4 Å². The summed E-state index contributed by atoms with van der Waals surface area (Å²) in [5.74, 6) is 0. The second-order valence-corrected chi connectivity index (χ2v) is 3.27. The van der Waals surface area contributed by atoms with E-state index >= 15 is 0 Å². The van der Waals surface area contributed by atoms with E-state index in [-0.39, 0.29) is 0 Å². The van der Waals surface area contributed by atoms with Gasteiger partial charge in [0.05, 0.1) is 11.6 Å². The Balaban J connectivity index is 2.38. The maximum atomic E-state index is 8.62. The summed E-state index contributed by atoms with van der Waals surface area (Å²) in [7, 11) is 1.70. The third-order valence-corrected chi connectivity index (χ3v) is 2.09. The predicted molar refractivity (Wildman–Crippen MR) is 60.5 cm³/mol. The topological polar surface area (TPSA) is 33.0 Å². The van der Waals surface area contributed by atoms with Crippen LogP contribution in [0.2, 0.25) is 0 Å². The average Bonchev–Trinajstić information content (AvgIpc) is 2.30. The summed E-state index contributed by atoms with van der Waals surface area (Å²) in [4.78, 5) is 0. The minimum Gasteiger partial charge on any atom is -0.384 e. The SMILES string of the molecule is COCC/C=C/Cc1ccc(C#N)cc1. The van der Waals surface area contributed by atoms with Crippen molar-refractivity contribution in [2.45, 2.75) is 12.8 Å². The summed E-state index contributed by atoms with van der Waals surface area (Å²) in [5, 5.41) is 8.62. The molecule has 2 nitrogen and oxygen atoms in total. The maximum absolute atomic E-state index is 8.62. The van der Waals surface area contributed by atoms with E-state index in [1.807, 2.05) is 24.3 Å². The van der Waals surface area contributed by atoms with Gasteiger partial charge in [-0.25, -0.2) is 0 Å². The Bertz CT molecular complexity index is 346. The molecule has 0 saturated carbocycles. The molecule has 78 valence electrons. The molecule has 0 atom stereocenters. The number of hydrogen-bond acceptors (Lipinski definition) is 2. The standard InChI is InChI=1S/C13H15NO/c1-15-10-4-2-3-5-12-6-8-13(11-14)9-7-12/h2-3,6-9H,4-5,10H2,1H3/b3-2+. The van der Waals surface area contributed by atoms with Crippen LogP contribution < -0.4 is 0 Å².